The van der Waals surface area contributed by atoms with Gasteiger partial charge in [-0.2, -0.15) is 0 Å². The fourth-order valence-corrected chi connectivity index (χ4v) is 1.43. The number of carbonyl (C=O) groups is 1. The molecule has 0 aromatic heterocycles. The maximum Gasteiger partial charge on any atom is 0.249 e. The molecule has 0 saturated heterocycles. The van der Waals surface area contributed by atoms with E-state index < -0.39 is 9.58 Å². The van der Waals surface area contributed by atoms with Crippen molar-refractivity contribution in [1.82, 2.24) is 0 Å². The Hall–Kier alpha value is -0.900. The molecule has 19 heavy (non-hydrogen) atoms. The van der Waals surface area contributed by atoms with Gasteiger partial charge < -0.3 is 9.47 Å². The summed E-state index contributed by atoms with van der Waals surface area (Å²) in [6.07, 6.45) is 1.21. The van der Waals surface area contributed by atoms with Crippen LogP contribution in [0.2, 0.25) is 0 Å². The van der Waals surface area contributed by atoms with Crippen molar-refractivity contribution in [2.24, 2.45) is 0 Å². The first-order chi connectivity index (χ1) is 8.93. The number of rotatable bonds is 6. The average molecular weight is 324 g/mol. The molecule has 1 aromatic carbocycles. The van der Waals surface area contributed by atoms with Crippen LogP contribution in [0.4, 0.5) is 0 Å². The predicted octanol–water partition coefficient (Wildman–Crippen LogP) is 4.02. The second kappa shape index (κ2) is 7.63. The van der Waals surface area contributed by atoms with Gasteiger partial charge in [0, 0.05) is 0 Å². The maximum absolute atomic E-state index is 11.5. The van der Waals surface area contributed by atoms with Crippen molar-refractivity contribution in [2.45, 2.75) is 16.8 Å². The van der Waals surface area contributed by atoms with Crippen molar-refractivity contribution in [1.29, 1.82) is 0 Å². The second-order valence-corrected chi connectivity index (χ2v) is 5.96. The first-order valence-corrected chi connectivity index (χ1v) is 6.55. The number of methoxy groups -OCH3 is 1. The summed E-state index contributed by atoms with van der Waals surface area (Å²) in [5, 5.41) is 0. The molecule has 0 aliphatic heterocycles. The first-order valence-electron chi connectivity index (χ1n) is 5.42. The van der Waals surface area contributed by atoms with E-state index in [1.807, 2.05) is 30.3 Å². The molecule has 3 nitrogen and oxygen atoms in total. The number of benzene rings is 1. The Balaban J connectivity index is 2.51. The second-order valence-electron chi connectivity index (χ2n) is 3.68. The molecule has 0 bridgehead atoms. The first kappa shape index (κ1) is 16.2. The molecular formula is C13H13Cl3O3. The van der Waals surface area contributed by atoms with Crippen molar-refractivity contribution < 1.29 is 14.3 Å². The third kappa shape index (κ3) is 6.19. The smallest absolute Gasteiger partial charge is 0.249 e. The highest BCUT2D eigenvalue weighted by Gasteiger charge is 2.31. The zero-order valence-corrected chi connectivity index (χ0v) is 12.5. The lowest BCUT2D eigenvalue weighted by Crippen LogP contribution is -2.19. The molecule has 0 aliphatic carbocycles. The molecule has 1 aromatic rings. The molecule has 0 aliphatic rings. The van der Waals surface area contributed by atoms with Gasteiger partial charge in [0.15, 0.2) is 5.78 Å². The number of carbonyl (C=O) groups excluding carboxylic acids is 1. The lowest BCUT2D eigenvalue weighted by molar-refractivity contribution is -0.118. The molecule has 0 fully saturated rings. The normalized spacial score (nSPS) is 12.1. The third-order valence-corrected chi connectivity index (χ3v) is 2.85. The predicted molar refractivity (Wildman–Crippen MR) is 76.2 cm³/mol. The molecule has 0 spiro atoms. The molecule has 0 radical (unpaired) electrons. The summed E-state index contributed by atoms with van der Waals surface area (Å²) in [6.45, 7) is 0.371. The van der Waals surface area contributed by atoms with Crippen LogP contribution in [0, 0.1) is 0 Å². The van der Waals surface area contributed by atoms with Gasteiger partial charge in [-0.3, -0.25) is 4.79 Å². The molecule has 0 atom stereocenters. The molecule has 0 N–H and O–H groups in total. The molecule has 6 heteroatoms. The van der Waals surface area contributed by atoms with Crippen LogP contribution in [-0.2, 0) is 20.9 Å². The molecule has 1 rings (SSSR count). The monoisotopic (exact) mass is 322 g/mol. The Labute approximate surface area is 127 Å². The number of ketones is 1. The number of ether oxygens (including phenoxy) is 2. The molecular weight excluding hydrogens is 310 g/mol. The molecule has 104 valence electrons. The number of halogens is 3. The maximum atomic E-state index is 11.5. The summed E-state index contributed by atoms with van der Waals surface area (Å²) in [4.78, 5) is 11.5. The minimum Gasteiger partial charge on any atom is -0.497 e. The topological polar surface area (TPSA) is 35.5 Å². The Kier molecular flexibility index (Phi) is 6.49. The zero-order chi connectivity index (χ0) is 14.3. The average Bonchev–Trinajstić information content (AvgIpc) is 2.37. The Bertz CT molecular complexity index is 438. The number of Topliss-reactive ketones (excluding diaryl/α,β-unsaturated/α-hetero) is 1. The van der Waals surface area contributed by atoms with Crippen LogP contribution in [-0.4, -0.2) is 16.7 Å². The minimum absolute atomic E-state index is 0.137. The Morgan fingerprint density at radius 3 is 2.42 bits per heavy atom. The van der Waals surface area contributed by atoms with E-state index in [0.717, 1.165) is 5.56 Å². The third-order valence-electron chi connectivity index (χ3n) is 2.22. The fraction of sp³-hybridized carbons (Fsp3) is 0.308. The summed E-state index contributed by atoms with van der Waals surface area (Å²) < 4.78 is 8.36. The lowest BCUT2D eigenvalue weighted by atomic mass is 10.2. The van der Waals surface area contributed by atoms with E-state index in [1.165, 1.54) is 13.4 Å². The number of alkyl halides is 3. The fourth-order valence-electron chi connectivity index (χ4n) is 1.23. The standard InChI is InChI=1S/C13H13Cl3O3/c1-18-11(7-12(17)13(14,15)16)9-19-8-10-5-3-2-4-6-10/h2-6,9H,7-8H2,1H3. The van der Waals surface area contributed by atoms with Gasteiger partial charge in [-0.05, 0) is 5.56 Å². The van der Waals surface area contributed by atoms with Gasteiger partial charge in [0.05, 0.1) is 13.5 Å². The minimum atomic E-state index is -1.95. The van der Waals surface area contributed by atoms with Crippen LogP contribution in [0.15, 0.2) is 42.4 Å². The van der Waals surface area contributed by atoms with E-state index in [2.05, 4.69) is 0 Å². The van der Waals surface area contributed by atoms with Gasteiger partial charge in [-0.1, -0.05) is 65.1 Å². The number of allylic oxidation sites excluding steroid dienone is 1. The van der Waals surface area contributed by atoms with Gasteiger partial charge in [0.2, 0.25) is 3.79 Å². The van der Waals surface area contributed by atoms with E-state index in [0.29, 0.717) is 12.4 Å². The SMILES string of the molecule is COC(=COCc1ccccc1)CC(=O)C(Cl)(Cl)Cl. The summed E-state index contributed by atoms with van der Waals surface area (Å²) in [7, 11) is 1.42. The van der Waals surface area contributed by atoms with Crippen LogP contribution in [0.3, 0.4) is 0 Å². The van der Waals surface area contributed by atoms with Gasteiger partial charge in [-0.15, -0.1) is 0 Å². The van der Waals surface area contributed by atoms with Gasteiger partial charge in [-0.25, -0.2) is 0 Å². The summed E-state index contributed by atoms with van der Waals surface area (Å²) in [6, 6.07) is 9.58. The van der Waals surface area contributed by atoms with Crippen LogP contribution in [0.1, 0.15) is 12.0 Å². The van der Waals surface area contributed by atoms with Gasteiger partial charge in [0.1, 0.15) is 18.6 Å². The van der Waals surface area contributed by atoms with Crippen LogP contribution in [0.25, 0.3) is 0 Å². The highest BCUT2D eigenvalue weighted by Crippen LogP contribution is 2.29. The van der Waals surface area contributed by atoms with Crippen molar-refractivity contribution in [3.63, 3.8) is 0 Å². The highest BCUT2D eigenvalue weighted by molar-refractivity contribution is 6.76. The van der Waals surface area contributed by atoms with Crippen molar-refractivity contribution in [3.8, 4) is 0 Å². The van der Waals surface area contributed by atoms with Crippen LogP contribution >= 0.6 is 34.8 Å². The molecule has 0 amide bonds. The van der Waals surface area contributed by atoms with Crippen LogP contribution in [0.5, 0.6) is 0 Å². The largest absolute Gasteiger partial charge is 0.497 e. The molecule has 0 unspecified atom stereocenters. The van der Waals surface area contributed by atoms with Gasteiger partial charge in [0.25, 0.3) is 0 Å². The van der Waals surface area contributed by atoms with Crippen LogP contribution < -0.4 is 0 Å². The number of hydrogen-bond donors (Lipinski definition) is 0. The molecule has 0 heterocycles. The zero-order valence-electron chi connectivity index (χ0n) is 10.2. The quantitative estimate of drug-likeness (QED) is 0.586. The number of hydrogen-bond acceptors (Lipinski definition) is 3. The van der Waals surface area contributed by atoms with Crippen molar-refractivity contribution in [2.75, 3.05) is 7.11 Å². The Morgan fingerprint density at radius 2 is 1.89 bits per heavy atom. The van der Waals surface area contributed by atoms with E-state index in [1.54, 1.807) is 0 Å². The van der Waals surface area contributed by atoms with E-state index in [4.69, 9.17) is 44.3 Å². The van der Waals surface area contributed by atoms with Gasteiger partial charge >= 0.3 is 0 Å². The molecule has 0 saturated carbocycles. The van der Waals surface area contributed by atoms with Crippen molar-refractivity contribution in [3.05, 3.63) is 47.9 Å². The summed E-state index contributed by atoms with van der Waals surface area (Å²) >= 11 is 16.4. The lowest BCUT2D eigenvalue weighted by Gasteiger charge is -2.11. The highest BCUT2D eigenvalue weighted by atomic mass is 35.6. The Morgan fingerprint density at radius 1 is 1.26 bits per heavy atom. The van der Waals surface area contributed by atoms with E-state index in [9.17, 15) is 4.79 Å². The van der Waals surface area contributed by atoms with E-state index >= 15 is 0 Å². The summed E-state index contributed by atoms with van der Waals surface area (Å²) in [5.41, 5.74) is 1.00. The van der Waals surface area contributed by atoms with Crippen molar-refractivity contribution >= 4 is 40.6 Å². The summed E-state index contributed by atoms with van der Waals surface area (Å²) in [5.74, 6) is -0.277. The van der Waals surface area contributed by atoms with E-state index in [-0.39, 0.29) is 6.42 Å².